The minimum absolute atomic E-state index is 0.136. The van der Waals surface area contributed by atoms with Crippen molar-refractivity contribution in [3.63, 3.8) is 0 Å². The largest absolute Gasteiger partial charge is 0.281 e. The summed E-state index contributed by atoms with van der Waals surface area (Å²) < 4.78 is 0. The van der Waals surface area contributed by atoms with Crippen molar-refractivity contribution in [2.75, 3.05) is 0 Å². The lowest BCUT2D eigenvalue weighted by molar-refractivity contribution is 0.109. The van der Waals surface area contributed by atoms with Crippen molar-refractivity contribution in [1.29, 1.82) is 0 Å². The van der Waals surface area contributed by atoms with E-state index >= 15 is 0 Å². The van der Waals surface area contributed by atoms with Gasteiger partial charge in [-0.25, -0.2) is 0 Å². The lowest BCUT2D eigenvalue weighted by Gasteiger charge is -2.19. The van der Waals surface area contributed by atoms with Crippen LogP contribution in [0.15, 0.2) is 24.3 Å². The number of hydrogen-bond acceptors (Lipinski definition) is 3. The van der Waals surface area contributed by atoms with Crippen molar-refractivity contribution < 1.29 is 4.79 Å². The topological polar surface area (TPSA) is 17.1 Å². The third kappa shape index (κ3) is 4.23. The fraction of sp³-hybridized carbons (Fsp3) is 0.462. The number of carbonyl (C=O) groups is 1. The van der Waals surface area contributed by atoms with E-state index in [-0.39, 0.29) is 5.12 Å². The van der Waals surface area contributed by atoms with Crippen LogP contribution < -0.4 is 0 Å². The molecule has 1 aliphatic rings. The van der Waals surface area contributed by atoms with Gasteiger partial charge in [-0.1, -0.05) is 41.7 Å². The van der Waals surface area contributed by atoms with E-state index in [1.54, 1.807) is 35.1 Å². The van der Waals surface area contributed by atoms with Gasteiger partial charge in [-0.15, -0.1) is 0 Å². The van der Waals surface area contributed by atoms with Crippen molar-refractivity contribution in [3.8, 4) is 0 Å². The fourth-order valence-corrected chi connectivity index (χ4v) is 4.55. The van der Waals surface area contributed by atoms with Gasteiger partial charge in [0, 0.05) is 15.8 Å². The second-order valence-electron chi connectivity index (χ2n) is 4.23. The van der Waals surface area contributed by atoms with Gasteiger partial charge in [-0.2, -0.15) is 0 Å². The Bertz CT molecular complexity index is 372. The molecule has 1 aromatic rings. The SMILES string of the molecule is O=C(SSC1CCCCC1)c1ccc(Cl)cc1. The molecule has 0 amide bonds. The molecule has 0 bridgehead atoms. The van der Waals surface area contributed by atoms with E-state index in [1.165, 1.54) is 42.9 Å². The molecule has 0 unspecified atom stereocenters. The van der Waals surface area contributed by atoms with Crippen molar-refractivity contribution in [1.82, 2.24) is 0 Å². The minimum atomic E-state index is 0.136. The van der Waals surface area contributed by atoms with Crippen LogP contribution >= 0.6 is 33.2 Å². The summed E-state index contributed by atoms with van der Waals surface area (Å²) in [6.07, 6.45) is 6.49. The zero-order valence-corrected chi connectivity index (χ0v) is 11.9. The number of rotatable bonds is 3. The Hall–Kier alpha value is -0.120. The van der Waals surface area contributed by atoms with Gasteiger partial charge >= 0.3 is 0 Å². The standard InChI is InChI=1S/C13H15ClOS2/c14-11-8-6-10(7-9-11)13(15)17-16-12-4-2-1-3-5-12/h6-9,12H,1-5H2. The minimum Gasteiger partial charge on any atom is -0.281 e. The molecule has 1 aromatic carbocycles. The molecule has 1 saturated carbocycles. The smallest absolute Gasteiger partial charge is 0.229 e. The lowest BCUT2D eigenvalue weighted by atomic mass is 10.0. The van der Waals surface area contributed by atoms with Gasteiger partial charge in [0.2, 0.25) is 5.12 Å². The molecule has 2 rings (SSSR count). The first-order valence-electron chi connectivity index (χ1n) is 5.89. The highest BCUT2D eigenvalue weighted by Gasteiger charge is 2.16. The summed E-state index contributed by atoms with van der Waals surface area (Å²) in [5.74, 6) is 0. The Morgan fingerprint density at radius 3 is 2.41 bits per heavy atom. The summed E-state index contributed by atoms with van der Waals surface area (Å²) in [6, 6.07) is 7.11. The van der Waals surface area contributed by atoms with E-state index in [1.807, 2.05) is 0 Å². The van der Waals surface area contributed by atoms with Crippen molar-refractivity contribution in [3.05, 3.63) is 34.9 Å². The molecular weight excluding hydrogens is 272 g/mol. The van der Waals surface area contributed by atoms with E-state index in [9.17, 15) is 4.79 Å². The van der Waals surface area contributed by atoms with Crippen LogP contribution in [0.2, 0.25) is 5.02 Å². The maximum atomic E-state index is 11.9. The van der Waals surface area contributed by atoms with Crippen LogP contribution in [-0.4, -0.2) is 10.4 Å². The summed E-state index contributed by atoms with van der Waals surface area (Å²) in [7, 11) is 3.12. The van der Waals surface area contributed by atoms with Crippen molar-refractivity contribution >= 4 is 38.3 Å². The maximum Gasteiger partial charge on any atom is 0.229 e. The van der Waals surface area contributed by atoms with E-state index in [2.05, 4.69) is 0 Å². The normalized spacial score (nSPS) is 17.0. The maximum absolute atomic E-state index is 11.9. The Morgan fingerprint density at radius 1 is 1.12 bits per heavy atom. The van der Waals surface area contributed by atoms with Crippen molar-refractivity contribution in [2.24, 2.45) is 0 Å². The predicted octanol–water partition coefficient (Wildman–Crippen LogP) is 5.19. The van der Waals surface area contributed by atoms with Crippen LogP contribution in [0.1, 0.15) is 42.5 Å². The Kier molecular flexibility index (Phi) is 5.26. The molecule has 0 atom stereocenters. The second-order valence-corrected chi connectivity index (χ2v) is 7.14. The summed E-state index contributed by atoms with van der Waals surface area (Å²) in [5, 5.41) is 1.47. The summed E-state index contributed by atoms with van der Waals surface area (Å²) in [4.78, 5) is 11.9. The average molecular weight is 287 g/mol. The lowest BCUT2D eigenvalue weighted by Crippen LogP contribution is -2.07. The first-order chi connectivity index (χ1) is 8.25. The van der Waals surface area contributed by atoms with Gasteiger partial charge in [0.1, 0.15) is 0 Å². The van der Waals surface area contributed by atoms with Crippen LogP contribution in [0.25, 0.3) is 0 Å². The molecule has 0 spiro atoms. The van der Waals surface area contributed by atoms with Crippen LogP contribution in [0.5, 0.6) is 0 Å². The first-order valence-corrected chi connectivity index (χ1v) is 8.48. The molecule has 4 heteroatoms. The highest BCUT2D eigenvalue weighted by molar-refractivity contribution is 8.82. The molecule has 1 fully saturated rings. The molecule has 92 valence electrons. The van der Waals surface area contributed by atoms with Gasteiger partial charge in [0.15, 0.2) is 0 Å². The number of benzene rings is 1. The van der Waals surface area contributed by atoms with E-state index in [0.29, 0.717) is 10.3 Å². The molecule has 0 N–H and O–H groups in total. The molecule has 0 heterocycles. The number of halogens is 1. The van der Waals surface area contributed by atoms with Crippen LogP contribution in [-0.2, 0) is 0 Å². The molecule has 17 heavy (non-hydrogen) atoms. The monoisotopic (exact) mass is 286 g/mol. The third-order valence-electron chi connectivity index (χ3n) is 2.89. The van der Waals surface area contributed by atoms with Crippen LogP contribution in [0.4, 0.5) is 0 Å². The molecule has 0 saturated heterocycles. The molecule has 1 aliphatic carbocycles. The zero-order valence-electron chi connectivity index (χ0n) is 9.52. The first kappa shape index (κ1) is 13.3. The number of hydrogen-bond donors (Lipinski definition) is 0. The van der Waals surface area contributed by atoms with E-state index in [0.717, 1.165) is 5.56 Å². The van der Waals surface area contributed by atoms with E-state index in [4.69, 9.17) is 11.6 Å². The Labute approximate surface area is 115 Å². The van der Waals surface area contributed by atoms with Crippen LogP contribution in [0, 0.1) is 0 Å². The molecule has 0 radical (unpaired) electrons. The molecular formula is C13H15ClOS2. The fourth-order valence-electron chi connectivity index (χ4n) is 1.91. The van der Waals surface area contributed by atoms with Gasteiger partial charge in [-0.3, -0.25) is 4.79 Å². The second kappa shape index (κ2) is 6.72. The van der Waals surface area contributed by atoms with Gasteiger partial charge < -0.3 is 0 Å². The van der Waals surface area contributed by atoms with Gasteiger partial charge in [0.05, 0.1) is 0 Å². The Balaban J connectivity index is 1.82. The van der Waals surface area contributed by atoms with Crippen LogP contribution in [0.3, 0.4) is 0 Å². The van der Waals surface area contributed by atoms with Gasteiger partial charge in [-0.05, 0) is 47.9 Å². The molecule has 0 aromatic heterocycles. The number of carbonyl (C=O) groups excluding carboxylic acids is 1. The summed E-state index contributed by atoms with van der Waals surface area (Å²) in [6.45, 7) is 0. The third-order valence-corrected chi connectivity index (χ3v) is 5.93. The highest BCUT2D eigenvalue weighted by Crippen LogP contribution is 2.37. The molecule has 0 aliphatic heterocycles. The quantitative estimate of drug-likeness (QED) is 0.712. The Morgan fingerprint density at radius 2 is 1.76 bits per heavy atom. The van der Waals surface area contributed by atoms with Gasteiger partial charge in [0.25, 0.3) is 0 Å². The summed E-state index contributed by atoms with van der Waals surface area (Å²) >= 11 is 5.79. The average Bonchev–Trinajstić information content (AvgIpc) is 2.38. The highest BCUT2D eigenvalue weighted by atomic mass is 35.5. The van der Waals surface area contributed by atoms with E-state index < -0.39 is 0 Å². The van der Waals surface area contributed by atoms with Crippen molar-refractivity contribution in [2.45, 2.75) is 37.4 Å². The molecule has 1 nitrogen and oxygen atoms in total. The predicted molar refractivity (Wildman–Crippen MR) is 77.8 cm³/mol. The summed E-state index contributed by atoms with van der Waals surface area (Å²) in [5.41, 5.74) is 0.739. The zero-order chi connectivity index (χ0) is 12.1.